The van der Waals surface area contributed by atoms with Gasteiger partial charge in [-0.25, -0.2) is 14.8 Å². The van der Waals surface area contributed by atoms with Crippen molar-refractivity contribution >= 4 is 28.6 Å². The lowest BCUT2D eigenvalue weighted by Gasteiger charge is -2.29. The molecule has 9 heteroatoms. The van der Waals surface area contributed by atoms with Crippen LogP contribution in [0.15, 0.2) is 30.6 Å². The van der Waals surface area contributed by atoms with Crippen LogP contribution in [0.4, 0.5) is 4.79 Å². The van der Waals surface area contributed by atoms with E-state index in [0.717, 1.165) is 17.5 Å². The fourth-order valence-electron chi connectivity index (χ4n) is 4.85. The van der Waals surface area contributed by atoms with Crippen LogP contribution in [0.3, 0.4) is 0 Å². The first-order valence-electron chi connectivity index (χ1n) is 11.9. The predicted octanol–water partition coefficient (Wildman–Crippen LogP) is 3.97. The minimum atomic E-state index is -0.633. The van der Waals surface area contributed by atoms with E-state index in [2.05, 4.69) is 15.1 Å². The van der Waals surface area contributed by atoms with Gasteiger partial charge in [0.25, 0.3) is 0 Å². The Morgan fingerprint density at radius 2 is 1.80 bits per heavy atom. The molecule has 1 aliphatic carbocycles. The van der Waals surface area contributed by atoms with Crippen LogP contribution in [0.2, 0.25) is 0 Å². The lowest BCUT2D eigenvalue weighted by molar-refractivity contribution is -0.124. The average molecular weight is 476 g/mol. The van der Waals surface area contributed by atoms with Crippen molar-refractivity contribution in [2.24, 2.45) is 5.92 Å². The molecule has 1 aliphatic heterocycles. The van der Waals surface area contributed by atoms with E-state index in [-0.39, 0.29) is 24.2 Å². The summed E-state index contributed by atoms with van der Waals surface area (Å²) in [6.45, 7) is 8.71. The minimum Gasteiger partial charge on any atom is -0.444 e. The number of likely N-dealkylation sites (tertiary alicyclic amines) is 1. The molecule has 9 nitrogen and oxygen atoms in total. The Morgan fingerprint density at radius 1 is 1.09 bits per heavy atom. The Morgan fingerprint density at radius 3 is 2.46 bits per heavy atom. The van der Waals surface area contributed by atoms with Crippen molar-refractivity contribution in [2.45, 2.75) is 71.7 Å². The van der Waals surface area contributed by atoms with Gasteiger partial charge in [0, 0.05) is 36.3 Å². The Balaban J connectivity index is 1.44. The van der Waals surface area contributed by atoms with Crippen LogP contribution in [0.25, 0.3) is 22.0 Å². The summed E-state index contributed by atoms with van der Waals surface area (Å²) in [6.07, 6.45) is 4.58. The molecule has 3 aromatic rings. The summed E-state index contributed by atoms with van der Waals surface area (Å²) in [4.78, 5) is 48.7. The van der Waals surface area contributed by atoms with Crippen LogP contribution in [0.1, 0.15) is 56.8 Å². The number of ether oxygens (including phenoxy) is 1. The van der Waals surface area contributed by atoms with Gasteiger partial charge in [0.2, 0.25) is 0 Å². The second kappa shape index (κ2) is 8.25. The second-order valence-corrected chi connectivity index (χ2v) is 10.5. The third-order valence-corrected chi connectivity index (χ3v) is 6.58. The van der Waals surface area contributed by atoms with Crippen LogP contribution in [0, 0.1) is 12.8 Å². The minimum absolute atomic E-state index is 0.0276. The summed E-state index contributed by atoms with van der Waals surface area (Å²) < 4.78 is 7.15. The molecule has 2 aliphatic rings. The van der Waals surface area contributed by atoms with Gasteiger partial charge in [-0.1, -0.05) is 6.07 Å². The molecule has 0 bridgehead atoms. The maximum atomic E-state index is 13.4. The van der Waals surface area contributed by atoms with Crippen molar-refractivity contribution in [3.05, 3.63) is 42.1 Å². The summed E-state index contributed by atoms with van der Waals surface area (Å²) in [5.74, 6) is 0.725. The maximum Gasteiger partial charge on any atom is 0.411 e. The normalized spacial score (nSPS) is 21.2. The van der Waals surface area contributed by atoms with Crippen molar-refractivity contribution in [3.63, 3.8) is 0 Å². The molecule has 0 N–H and O–H groups in total. The largest absolute Gasteiger partial charge is 0.444 e. The van der Waals surface area contributed by atoms with Crippen molar-refractivity contribution in [1.29, 1.82) is 0 Å². The van der Waals surface area contributed by atoms with Crippen LogP contribution < -0.4 is 0 Å². The van der Waals surface area contributed by atoms with Crippen LogP contribution in [-0.4, -0.2) is 60.0 Å². The molecule has 3 atom stereocenters. The quantitative estimate of drug-likeness (QED) is 0.514. The summed E-state index contributed by atoms with van der Waals surface area (Å²) in [6, 6.07) is 5.17. The van der Waals surface area contributed by atoms with E-state index >= 15 is 0 Å². The van der Waals surface area contributed by atoms with E-state index in [9.17, 15) is 14.4 Å². The lowest BCUT2D eigenvalue weighted by Crippen LogP contribution is -2.46. The van der Waals surface area contributed by atoms with Gasteiger partial charge in [-0.05, 0) is 64.2 Å². The molecule has 1 amide bonds. The number of hydrogen-bond acceptors (Lipinski definition) is 7. The highest BCUT2D eigenvalue weighted by atomic mass is 16.6. The number of rotatable bonds is 5. The number of aryl methyl sites for hydroxylation is 1. The van der Waals surface area contributed by atoms with E-state index in [1.165, 1.54) is 6.92 Å². The van der Waals surface area contributed by atoms with Crippen molar-refractivity contribution < 1.29 is 19.1 Å². The first kappa shape index (κ1) is 23.1. The molecule has 182 valence electrons. The lowest BCUT2D eigenvalue weighted by atomic mass is 10.0. The average Bonchev–Trinajstić information content (AvgIpc) is 3.28. The van der Waals surface area contributed by atoms with Gasteiger partial charge in [-0.3, -0.25) is 19.2 Å². The summed E-state index contributed by atoms with van der Waals surface area (Å²) >= 11 is 0. The standard InChI is InChI=1S/C26H29N5O4/c1-14(32)24-19-8-16(18-11-27-15(2)28-12-18)6-7-20(19)30(29-24)13-23(33)22-10-17-9-21(17)31(22)25(34)35-26(3,4)5/h6-8,11-12,17,21-22H,9-10,13H2,1-5H3/t17-,21-,22+/m1/s1. The fourth-order valence-corrected chi connectivity index (χ4v) is 4.85. The van der Waals surface area contributed by atoms with Crippen LogP contribution >= 0.6 is 0 Å². The van der Waals surface area contributed by atoms with Crippen molar-refractivity contribution in [3.8, 4) is 11.1 Å². The topological polar surface area (TPSA) is 107 Å². The van der Waals surface area contributed by atoms with E-state index in [1.807, 2.05) is 45.9 Å². The molecule has 0 spiro atoms. The van der Waals surface area contributed by atoms with Gasteiger partial charge in [-0.15, -0.1) is 0 Å². The number of piperidine rings is 1. The van der Waals surface area contributed by atoms with Gasteiger partial charge in [0.1, 0.15) is 23.7 Å². The molecule has 35 heavy (non-hydrogen) atoms. The van der Waals surface area contributed by atoms with Crippen molar-refractivity contribution in [2.75, 3.05) is 0 Å². The number of ketones is 2. The van der Waals surface area contributed by atoms with Gasteiger partial charge in [-0.2, -0.15) is 5.10 Å². The van der Waals surface area contributed by atoms with E-state index < -0.39 is 17.7 Å². The van der Waals surface area contributed by atoms with Crippen molar-refractivity contribution in [1.82, 2.24) is 24.6 Å². The zero-order valence-electron chi connectivity index (χ0n) is 20.6. The zero-order chi connectivity index (χ0) is 25.1. The summed E-state index contributed by atoms with van der Waals surface area (Å²) in [7, 11) is 0. The van der Waals surface area contributed by atoms with Gasteiger partial charge < -0.3 is 4.74 Å². The fraction of sp³-hybridized carbons (Fsp3) is 0.462. The number of Topliss-reactive ketones (excluding diaryl/α,β-unsaturated/α-hetero) is 2. The number of amides is 1. The number of nitrogens with zero attached hydrogens (tertiary/aromatic N) is 5. The number of benzene rings is 1. The number of hydrogen-bond donors (Lipinski definition) is 0. The molecule has 1 aromatic carbocycles. The van der Waals surface area contributed by atoms with Gasteiger partial charge >= 0.3 is 6.09 Å². The SMILES string of the molecule is CC(=O)c1nn(CC(=O)[C@@H]2C[C@H]3C[C@H]3N2C(=O)OC(C)(C)C)c2ccc(-c3cnc(C)nc3)cc12. The van der Waals surface area contributed by atoms with E-state index in [1.54, 1.807) is 22.0 Å². The van der Waals surface area contributed by atoms with Gasteiger partial charge in [0.15, 0.2) is 11.6 Å². The molecule has 0 radical (unpaired) electrons. The Hall–Kier alpha value is -3.62. The zero-order valence-corrected chi connectivity index (χ0v) is 20.6. The van der Waals surface area contributed by atoms with E-state index in [4.69, 9.17) is 4.74 Å². The molecule has 1 saturated heterocycles. The molecule has 5 rings (SSSR count). The predicted molar refractivity (Wildman–Crippen MR) is 129 cm³/mol. The highest BCUT2D eigenvalue weighted by Crippen LogP contribution is 2.48. The third kappa shape index (κ3) is 4.42. The maximum absolute atomic E-state index is 13.4. The number of fused-ring (bicyclic) bond motifs is 2. The number of carbonyl (C=O) groups is 3. The first-order chi connectivity index (χ1) is 16.5. The Kier molecular flexibility index (Phi) is 5.45. The Bertz CT molecular complexity index is 1340. The summed E-state index contributed by atoms with van der Waals surface area (Å²) in [5.41, 5.74) is 2.05. The van der Waals surface area contributed by atoms with Crippen LogP contribution in [0.5, 0.6) is 0 Å². The molecule has 3 heterocycles. The Labute approximate surface area is 203 Å². The van der Waals surface area contributed by atoms with E-state index in [0.29, 0.717) is 34.8 Å². The number of carbonyl (C=O) groups excluding carboxylic acids is 3. The van der Waals surface area contributed by atoms with Gasteiger partial charge in [0.05, 0.1) is 11.6 Å². The molecule has 1 saturated carbocycles. The highest BCUT2D eigenvalue weighted by Gasteiger charge is 2.57. The first-order valence-corrected chi connectivity index (χ1v) is 11.9. The van der Waals surface area contributed by atoms with Crippen LogP contribution in [-0.2, 0) is 16.1 Å². The highest BCUT2D eigenvalue weighted by molar-refractivity contribution is 6.06. The monoisotopic (exact) mass is 475 g/mol. The molecule has 2 fully saturated rings. The molecular formula is C26H29N5O4. The molecule has 2 aromatic heterocycles. The number of aromatic nitrogens is 4. The molecule has 0 unspecified atom stereocenters. The second-order valence-electron chi connectivity index (χ2n) is 10.5. The third-order valence-electron chi connectivity index (χ3n) is 6.58. The summed E-state index contributed by atoms with van der Waals surface area (Å²) in [5, 5.41) is 5.16. The molecular weight excluding hydrogens is 446 g/mol. The smallest absolute Gasteiger partial charge is 0.411 e.